The molecule has 52 heavy (non-hydrogen) atoms. The van der Waals surface area contributed by atoms with Crippen molar-refractivity contribution in [1.29, 1.82) is 0 Å². The van der Waals surface area contributed by atoms with E-state index in [9.17, 15) is 32.4 Å². The number of carbonyl (C=O) groups excluding carboxylic acids is 3. The zero-order valence-electron chi connectivity index (χ0n) is 29.4. The van der Waals surface area contributed by atoms with Crippen LogP contribution in [0.25, 0.3) is 5.82 Å². The van der Waals surface area contributed by atoms with Crippen molar-refractivity contribution in [3.05, 3.63) is 116 Å². The number of carbonyl (C=O) groups is 3. The third-order valence-electron chi connectivity index (χ3n) is 7.30. The number of benzene rings is 2. The molecule has 0 spiro atoms. The Morgan fingerprint density at radius 3 is 2.19 bits per heavy atom. The average Bonchev–Trinajstić information content (AvgIpc) is 3.04. The number of pyridine rings is 1. The molecule has 276 valence electrons. The lowest BCUT2D eigenvalue weighted by Crippen LogP contribution is -2.44. The first kappa shape index (κ1) is 39.1. The fourth-order valence-electron chi connectivity index (χ4n) is 4.87. The summed E-state index contributed by atoms with van der Waals surface area (Å²) < 4.78 is 65.7. The number of hydrogen-bond acceptors (Lipinski definition) is 9. The standard InChI is InChI=1S/C35H38F2N6O8S/c1-19(2)51-33(47)28(14-21-8-13-29(38-17-21)43-32(46)20(3)18-42(7)34(43)48)39-31(45)24-15-26(37)27(16-25(24)36)41-52(49,50)23-11-9-22(10-12-23)30(44)40-35(4,5)6/h8-13,15-19,28,41H,14H2,1-7H3,(H,39,45)(H,40,44)/t28-/m0/s1. The fourth-order valence-corrected chi connectivity index (χ4v) is 5.93. The summed E-state index contributed by atoms with van der Waals surface area (Å²) >= 11 is 0. The van der Waals surface area contributed by atoms with E-state index in [1.807, 2.05) is 4.72 Å². The number of anilines is 1. The van der Waals surface area contributed by atoms with Crippen molar-refractivity contribution in [2.45, 2.75) is 70.5 Å². The van der Waals surface area contributed by atoms with Crippen LogP contribution in [-0.2, 0) is 33.0 Å². The molecule has 2 aromatic heterocycles. The van der Waals surface area contributed by atoms with Crippen LogP contribution in [0.15, 0.2) is 75.4 Å². The number of sulfonamides is 1. The van der Waals surface area contributed by atoms with E-state index in [4.69, 9.17) is 4.74 Å². The number of halogens is 2. The summed E-state index contributed by atoms with van der Waals surface area (Å²) in [5.74, 6) is -5.14. The Morgan fingerprint density at radius 1 is 0.962 bits per heavy atom. The van der Waals surface area contributed by atoms with E-state index >= 15 is 8.78 Å². The van der Waals surface area contributed by atoms with Crippen LogP contribution in [0.5, 0.6) is 0 Å². The molecule has 0 bridgehead atoms. The van der Waals surface area contributed by atoms with Gasteiger partial charge in [-0.25, -0.2) is 36.3 Å². The van der Waals surface area contributed by atoms with Gasteiger partial charge in [-0.15, -0.1) is 0 Å². The quantitative estimate of drug-likeness (QED) is 0.194. The Hall–Kier alpha value is -5.71. The highest BCUT2D eigenvalue weighted by Crippen LogP contribution is 2.24. The third kappa shape index (κ3) is 9.34. The van der Waals surface area contributed by atoms with Gasteiger partial charge in [0.2, 0.25) is 0 Å². The van der Waals surface area contributed by atoms with E-state index in [0.29, 0.717) is 23.3 Å². The molecule has 1 atom stereocenters. The lowest BCUT2D eigenvalue weighted by Gasteiger charge is -2.20. The zero-order valence-corrected chi connectivity index (χ0v) is 30.2. The summed E-state index contributed by atoms with van der Waals surface area (Å²) in [6.45, 7) is 10.0. The van der Waals surface area contributed by atoms with Gasteiger partial charge in [0, 0.05) is 48.6 Å². The molecule has 0 aliphatic heterocycles. The second kappa shape index (κ2) is 15.3. The molecule has 0 radical (unpaired) electrons. The van der Waals surface area contributed by atoms with Crippen LogP contribution in [0.2, 0.25) is 0 Å². The lowest BCUT2D eigenvalue weighted by molar-refractivity contribution is -0.149. The van der Waals surface area contributed by atoms with Crippen molar-refractivity contribution < 1.29 is 36.3 Å². The summed E-state index contributed by atoms with van der Waals surface area (Å²) in [5, 5.41) is 5.07. The molecule has 3 N–H and O–H groups in total. The van der Waals surface area contributed by atoms with Crippen LogP contribution in [0.3, 0.4) is 0 Å². The summed E-state index contributed by atoms with van der Waals surface area (Å²) in [5.41, 5.74) is -2.54. The van der Waals surface area contributed by atoms with Crippen LogP contribution < -0.4 is 26.6 Å². The Bertz CT molecular complexity index is 2210. The van der Waals surface area contributed by atoms with E-state index in [0.717, 1.165) is 16.7 Å². The van der Waals surface area contributed by atoms with Gasteiger partial charge in [0.15, 0.2) is 0 Å². The van der Waals surface area contributed by atoms with Crippen molar-refractivity contribution in [1.82, 2.24) is 24.8 Å². The number of nitrogens with zero attached hydrogens (tertiary/aromatic N) is 3. The zero-order chi connectivity index (χ0) is 38.7. The predicted octanol–water partition coefficient (Wildman–Crippen LogP) is 3.14. The number of aromatic nitrogens is 3. The molecule has 0 aliphatic carbocycles. The lowest BCUT2D eigenvalue weighted by atomic mass is 10.1. The molecule has 2 amide bonds. The van der Waals surface area contributed by atoms with Crippen molar-refractivity contribution in [2.24, 2.45) is 7.05 Å². The first-order chi connectivity index (χ1) is 24.2. The minimum absolute atomic E-state index is 0.0113. The van der Waals surface area contributed by atoms with Crippen LogP contribution in [-0.4, -0.2) is 58.0 Å². The minimum Gasteiger partial charge on any atom is -0.461 e. The molecular weight excluding hydrogens is 702 g/mol. The first-order valence-corrected chi connectivity index (χ1v) is 17.4. The summed E-state index contributed by atoms with van der Waals surface area (Å²) in [4.78, 5) is 67.6. The van der Waals surface area contributed by atoms with Gasteiger partial charge in [-0.05, 0) is 83.5 Å². The van der Waals surface area contributed by atoms with Gasteiger partial charge in [0.1, 0.15) is 23.5 Å². The highest BCUT2D eigenvalue weighted by atomic mass is 32.2. The fraction of sp³-hybridized carbons (Fsp3) is 0.314. The summed E-state index contributed by atoms with van der Waals surface area (Å²) in [6, 6.07) is 7.14. The molecule has 2 aromatic carbocycles. The number of amides is 2. The number of aryl methyl sites for hydroxylation is 2. The number of esters is 1. The second-order valence-corrected chi connectivity index (χ2v) is 14.9. The van der Waals surface area contributed by atoms with E-state index in [1.165, 1.54) is 48.3 Å². The van der Waals surface area contributed by atoms with Gasteiger partial charge in [-0.2, -0.15) is 0 Å². The van der Waals surface area contributed by atoms with Gasteiger partial charge >= 0.3 is 11.7 Å². The molecule has 2 heterocycles. The third-order valence-corrected chi connectivity index (χ3v) is 8.68. The smallest absolute Gasteiger partial charge is 0.336 e. The molecule has 4 rings (SSSR count). The highest BCUT2D eigenvalue weighted by Gasteiger charge is 2.28. The molecule has 4 aromatic rings. The summed E-state index contributed by atoms with van der Waals surface area (Å²) in [7, 11) is -2.99. The molecular formula is C35H38F2N6O8S. The van der Waals surface area contributed by atoms with Crippen molar-refractivity contribution in [3.63, 3.8) is 0 Å². The second-order valence-electron chi connectivity index (χ2n) is 13.2. The maximum atomic E-state index is 15.3. The SMILES string of the molecule is Cc1cn(C)c(=O)n(-c2ccc(C[C@H](NC(=O)c3cc(F)c(NS(=O)(=O)c4ccc(C(=O)NC(C)(C)C)cc4)cc3F)C(=O)OC(C)C)cn2)c1=O. The van der Waals surface area contributed by atoms with Crippen LogP contribution in [0, 0.1) is 18.6 Å². The first-order valence-electron chi connectivity index (χ1n) is 15.9. The highest BCUT2D eigenvalue weighted by molar-refractivity contribution is 7.92. The largest absolute Gasteiger partial charge is 0.461 e. The van der Waals surface area contributed by atoms with E-state index in [1.54, 1.807) is 41.5 Å². The van der Waals surface area contributed by atoms with Crippen LogP contribution >= 0.6 is 0 Å². The number of ether oxygens (including phenoxy) is 1. The van der Waals surface area contributed by atoms with Gasteiger partial charge in [-0.3, -0.25) is 19.1 Å². The van der Waals surface area contributed by atoms with Gasteiger partial charge < -0.3 is 19.9 Å². The summed E-state index contributed by atoms with van der Waals surface area (Å²) in [6.07, 6.45) is 1.83. The monoisotopic (exact) mass is 740 g/mol. The van der Waals surface area contributed by atoms with Crippen LogP contribution in [0.1, 0.15) is 66.5 Å². The Labute approximate surface area is 297 Å². The molecule has 0 saturated heterocycles. The molecule has 0 aliphatic rings. The Balaban J connectivity index is 1.54. The molecule has 0 saturated carbocycles. The Kier molecular flexibility index (Phi) is 11.5. The van der Waals surface area contributed by atoms with Crippen molar-refractivity contribution in [3.8, 4) is 5.82 Å². The molecule has 14 nitrogen and oxygen atoms in total. The number of nitrogens with one attached hydrogen (secondary N) is 3. The normalized spacial score (nSPS) is 12.3. The van der Waals surface area contributed by atoms with Crippen molar-refractivity contribution >= 4 is 33.5 Å². The van der Waals surface area contributed by atoms with Gasteiger partial charge in [-0.1, -0.05) is 6.07 Å². The maximum absolute atomic E-state index is 15.3. The van der Waals surface area contributed by atoms with Gasteiger partial charge in [0.25, 0.3) is 27.4 Å². The predicted molar refractivity (Wildman–Crippen MR) is 187 cm³/mol. The Morgan fingerprint density at radius 2 is 1.62 bits per heavy atom. The van der Waals surface area contributed by atoms with Crippen molar-refractivity contribution in [2.75, 3.05) is 4.72 Å². The number of hydrogen-bond donors (Lipinski definition) is 3. The minimum atomic E-state index is -4.46. The van der Waals surface area contributed by atoms with E-state index in [2.05, 4.69) is 15.6 Å². The van der Waals surface area contributed by atoms with Gasteiger partial charge in [0.05, 0.1) is 22.3 Å². The molecule has 0 unspecified atom stereocenters. The van der Waals surface area contributed by atoms with E-state index < -0.39 is 79.6 Å². The maximum Gasteiger partial charge on any atom is 0.336 e. The van der Waals surface area contributed by atoms with E-state index in [-0.39, 0.29) is 22.7 Å². The topological polar surface area (TPSA) is 188 Å². The molecule has 17 heteroatoms. The average molecular weight is 741 g/mol. The molecule has 0 fully saturated rings. The van der Waals surface area contributed by atoms with Crippen LogP contribution in [0.4, 0.5) is 14.5 Å². The number of rotatable bonds is 11.